The molecule has 0 bridgehead atoms. The van der Waals surface area contributed by atoms with Gasteiger partial charge in [0.25, 0.3) is 0 Å². The predicted molar refractivity (Wildman–Crippen MR) is 75.8 cm³/mol. The molecule has 0 aromatic heterocycles. The third-order valence-corrected chi connectivity index (χ3v) is 3.07. The van der Waals surface area contributed by atoms with Crippen molar-refractivity contribution in [2.45, 2.75) is 13.0 Å². The summed E-state index contributed by atoms with van der Waals surface area (Å²) in [6, 6.07) is 8.78. The van der Waals surface area contributed by atoms with Crippen molar-refractivity contribution in [3.05, 3.63) is 53.6 Å². The molecule has 5 heteroatoms. The highest BCUT2D eigenvalue weighted by Gasteiger charge is 2.13. The van der Waals surface area contributed by atoms with Gasteiger partial charge in [-0.3, -0.25) is 0 Å². The van der Waals surface area contributed by atoms with Crippen LogP contribution in [0.2, 0.25) is 0 Å². The fourth-order valence-electron chi connectivity index (χ4n) is 1.99. The van der Waals surface area contributed by atoms with Crippen LogP contribution in [-0.4, -0.2) is 7.11 Å². The number of nitrogens with two attached hydrogens (primary N) is 1. The molecule has 0 radical (unpaired) electrons. The SMILES string of the molecule is COc1cc(NC(C)c2ccccc2F)c(N)cc1F. The summed E-state index contributed by atoms with van der Waals surface area (Å²) in [5.74, 6) is -0.753. The van der Waals surface area contributed by atoms with Crippen LogP contribution in [0.4, 0.5) is 20.2 Å². The molecule has 20 heavy (non-hydrogen) atoms. The van der Waals surface area contributed by atoms with Crippen molar-refractivity contribution in [1.29, 1.82) is 0 Å². The number of nitrogens with one attached hydrogen (secondary N) is 1. The lowest BCUT2D eigenvalue weighted by molar-refractivity contribution is 0.387. The number of anilines is 2. The molecule has 3 N–H and O–H groups in total. The number of nitrogen functional groups attached to an aromatic ring is 1. The van der Waals surface area contributed by atoms with Crippen molar-refractivity contribution < 1.29 is 13.5 Å². The van der Waals surface area contributed by atoms with E-state index in [-0.39, 0.29) is 23.3 Å². The summed E-state index contributed by atoms with van der Waals surface area (Å²) in [4.78, 5) is 0. The highest BCUT2D eigenvalue weighted by molar-refractivity contribution is 5.69. The van der Waals surface area contributed by atoms with Gasteiger partial charge in [0.05, 0.1) is 24.5 Å². The fraction of sp³-hybridized carbons (Fsp3) is 0.200. The second-order valence-electron chi connectivity index (χ2n) is 4.46. The minimum atomic E-state index is -0.533. The van der Waals surface area contributed by atoms with Crippen LogP contribution in [0.15, 0.2) is 36.4 Å². The van der Waals surface area contributed by atoms with Gasteiger partial charge in [0, 0.05) is 17.7 Å². The first-order valence-electron chi connectivity index (χ1n) is 6.17. The van der Waals surface area contributed by atoms with Crippen molar-refractivity contribution in [1.82, 2.24) is 0 Å². The Bertz CT molecular complexity index is 617. The van der Waals surface area contributed by atoms with Crippen LogP contribution in [0.3, 0.4) is 0 Å². The van der Waals surface area contributed by atoms with Gasteiger partial charge in [-0.15, -0.1) is 0 Å². The van der Waals surface area contributed by atoms with E-state index in [1.165, 1.54) is 25.3 Å². The van der Waals surface area contributed by atoms with Crippen LogP contribution in [0.5, 0.6) is 5.75 Å². The van der Waals surface area contributed by atoms with E-state index < -0.39 is 5.82 Å². The minimum absolute atomic E-state index is 0.0856. The first-order valence-corrected chi connectivity index (χ1v) is 6.17. The molecule has 2 aromatic rings. The van der Waals surface area contributed by atoms with E-state index in [4.69, 9.17) is 10.5 Å². The molecule has 2 aromatic carbocycles. The van der Waals surface area contributed by atoms with Gasteiger partial charge < -0.3 is 15.8 Å². The molecular formula is C15H16F2N2O. The number of methoxy groups -OCH3 is 1. The lowest BCUT2D eigenvalue weighted by Gasteiger charge is -2.18. The van der Waals surface area contributed by atoms with Crippen LogP contribution in [0, 0.1) is 11.6 Å². The Morgan fingerprint density at radius 2 is 1.85 bits per heavy atom. The molecule has 3 nitrogen and oxygen atoms in total. The number of ether oxygens (including phenoxy) is 1. The van der Waals surface area contributed by atoms with E-state index in [1.54, 1.807) is 25.1 Å². The molecule has 0 fully saturated rings. The van der Waals surface area contributed by atoms with Gasteiger partial charge in [-0.2, -0.15) is 0 Å². The molecule has 0 aliphatic carbocycles. The van der Waals surface area contributed by atoms with E-state index in [1.807, 2.05) is 0 Å². The van der Waals surface area contributed by atoms with Gasteiger partial charge in [0.15, 0.2) is 11.6 Å². The standard InChI is InChI=1S/C15H16F2N2O/c1-9(10-5-3-4-6-11(10)16)19-14-8-15(20-2)12(17)7-13(14)18/h3-9,19H,18H2,1-2H3. The van der Waals surface area contributed by atoms with Crippen LogP contribution in [0.25, 0.3) is 0 Å². The van der Waals surface area contributed by atoms with Crippen LogP contribution in [0.1, 0.15) is 18.5 Å². The zero-order valence-electron chi connectivity index (χ0n) is 11.3. The average molecular weight is 278 g/mol. The molecule has 1 atom stereocenters. The van der Waals surface area contributed by atoms with Gasteiger partial charge in [0.2, 0.25) is 0 Å². The zero-order chi connectivity index (χ0) is 14.7. The summed E-state index contributed by atoms with van der Waals surface area (Å²) in [7, 11) is 1.37. The largest absolute Gasteiger partial charge is 0.494 e. The Labute approximate surface area is 116 Å². The summed E-state index contributed by atoms with van der Waals surface area (Å²) < 4.78 is 32.1. The molecule has 106 valence electrons. The normalized spacial score (nSPS) is 12.0. The number of hydrogen-bond donors (Lipinski definition) is 2. The fourth-order valence-corrected chi connectivity index (χ4v) is 1.99. The highest BCUT2D eigenvalue weighted by Crippen LogP contribution is 2.31. The van der Waals surface area contributed by atoms with Crippen molar-refractivity contribution in [2.75, 3.05) is 18.2 Å². The van der Waals surface area contributed by atoms with Gasteiger partial charge in [-0.05, 0) is 13.0 Å². The Balaban J connectivity index is 2.28. The maximum absolute atomic E-state index is 13.7. The molecule has 1 unspecified atom stereocenters. The second-order valence-corrected chi connectivity index (χ2v) is 4.46. The molecule has 0 heterocycles. The van der Waals surface area contributed by atoms with Crippen molar-refractivity contribution in [2.24, 2.45) is 0 Å². The Hall–Kier alpha value is -2.30. The third kappa shape index (κ3) is 2.82. The first-order chi connectivity index (χ1) is 9.52. The molecule has 0 amide bonds. The van der Waals surface area contributed by atoms with E-state index in [0.717, 1.165) is 0 Å². The van der Waals surface area contributed by atoms with Crippen molar-refractivity contribution in [3.8, 4) is 5.75 Å². The lowest BCUT2D eigenvalue weighted by Crippen LogP contribution is -2.10. The first kappa shape index (κ1) is 14.1. The predicted octanol–water partition coefficient (Wildman–Crippen LogP) is 3.73. The van der Waals surface area contributed by atoms with Gasteiger partial charge >= 0.3 is 0 Å². The molecule has 0 saturated carbocycles. The zero-order valence-corrected chi connectivity index (χ0v) is 11.3. The number of halogens is 2. The average Bonchev–Trinajstić information content (AvgIpc) is 2.42. The molecule has 0 aliphatic rings. The number of rotatable bonds is 4. The smallest absolute Gasteiger partial charge is 0.167 e. The monoisotopic (exact) mass is 278 g/mol. The van der Waals surface area contributed by atoms with E-state index in [9.17, 15) is 8.78 Å². The summed E-state index contributed by atoms with van der Waals surface area (Å²) in [6.07, 6.45) is 0. The second kappa shape index (κ2) is 5.77. The summed E-state index contributed by atoms with van der Waals surface area (Å²) in [5.41, 5.74) is 7.01. The quantitative estimate of drug-likeness (QED) is 0.838. The lowest BCUT2D eigenvalue weighted by atomic mass is 10.1. The summed E-state index contributed by atoms with van der Waals surface area (Å²) in [5, 5.41) is 3.06. The summed E-state index contributed by atoms with van der Waals surface area (Å²) in [6.45, 7) is 1.80. The van der Waals surface area contributed by atoms with Crippen LogP contribution < -0.4 is 15.8 Å². The van der Waals surface area contributed by atoms with Crippen LogP contribution in [-0.2, 0) is 0 Å². The van der Waals surface area contributed by atoms with Crippen LogP contribution >= 0.6 is 0 Å². The van der Waals surface area contributed by atoms with E-state index in [0.29, 0.717) is 11.3 Å². The van der Waals surface area contributed by atoms with Gasteiger partial charge in [-0.1, -0.05) is 18.2 Å². The van der Waals surface area contributed by atoms with E-state index >= 15 is 0 Å². The Morgan fingerprint density at radius 3 is 2.50 bits per heavy atom. The molecule has 2 rings (SSSR count). The van der Waals surface area contributed by atoms with E-state index in [2.05, 4.69) is 5.32 Å². The Morgan fingerprint density at radius 1 is 1.15 bits per heavy atom. The topological polar surface area (TPSA) is 47.3 Å². The summed E-state index contributed by atoms with van der Waals surface area (Å²) >= 11 is 0. The molecule has 0 aliphatic heterocycles. The number of hydrogen-bond acceptors (Lipinski definition) is 3. The number of benzene rings is 2. The van der Waals surface area contributed by atoms with Gasteiger partial charge in [0.1, 0.15) is 5.82 Å². The van der Waals surface area contributed by atoms with Gasteiger partial charge in [-0.25, -0.2) is 8.78 Å². The van der Waals surface area contributed by atoms with Crippen molar-refractivity contribution >= 4 is 11.4 Å². The molecule has 0 spiro atoms. The third-order valence-electron chi connectivity index (χ3n) is 3.07. The molecular weight excluding hydrogens is 262 g/mol. The minimum Gasteiger partial charge on any atom is -0.494 e. The Kier molecular flexibility index (Phi) is 4.08. The highest BCUT2D eigenvalue weighted by atomic mass is 19.1. The maximum atomic E-state index is 13.7. The maximum Gasteiger partial charge on any atom is 0.167 e. The molecule has 0 saturated heterocycles. The van der Waals surface area contributed by atoms with Crippen molar-refractivity contribution in [3.63, 3.8) is 0 Å².